The highest BCUT2D eigenvalue weighted by Gasteiger charge is 2.45. The molecule has 222 valence electrons. The summed E-state index contributed by atoms with van der Waals surface area (Å²) in [6.07, 6.45) is 15.5. The molecule has 4 aromatic rings. The first-order valence-electron chi connectivity index (χ1n) is 16.5. The molecule has 2 heterocycles. The minimum absolute atomic E-state index is 0.0577. The molecule has 2 aliphatic heterocycles. The van der Waals surface area contributed by atoms with Crippen molar-refractivity contribution < 1.29 is 4.58 Å². The molecule has 0 aromatic heterocycles. The molecule has 2 heteroatoms. The summed E-state index contributed by atoms with van der Waals surface area (Å²) in [5.74, 6) is 0. The van der Waals surface area contributed by atoms with E-state index in [4.69, 9.17) is 0 Å². The van der Waals surface area contributed by atoms with Gasteiger partial charge in [0.05, 0.1) is 5.41 Å². The van der Waals surface area contributed by atoms with Crippen molar-refractivity contribution in [2.45, 2.75) is 71.6 Å². The first-order valence-corrected chi connectivity index (χ1v) is 16.5. The molecule has 1 aliphatic carbocycles. The molecule has 2 nitrogen and oxygen atoms in total. The van der Waals surface area contributed by atoms with E-state index in [2.05, 4.69) is 154 Å². The van der Waals surface area contributed by atoms with Gasteiger partial charge >= 0.3 is 0 Å². The number of fused-ring (bicyclic) bond motifs is 6. The third-order valence-electron chi connectivity index (χ3n) is 10.4. The second-order valence-electron chi connectivity index (χ2n) is 13.7. The van der Waals surface area contributed by atoms with E-state index in [0.717, 1.165) is 25.9 Å². The molecule has 7 rings (SSSR count). The van der Waals surface area contributed by atoms with Crippen LogP contribution in [0.15, 0.2) is 120 Å². The second kappa shape index (κ2) is 10.8. The Bertz CT molecular complexity index is 1960. The molecule has 0 saturated heterocycles. The van der Waals surface area contributed by atoms with Gasteiger partial charge in [-0.2, -0.15) is 4.58 Å². The fourth-order valence-electron chi connectivity index (χ4n) is 8.27. The van der Waals surface area contributed by atoms with Crippen LogP contribution in [-0.2, 0) is 10.8 Å². The van der Waals surface area contributed by atoms with Gasteiger partial charge in [0.1, 0.15) is 6.54 Å². The Labute approximate surface area is 263 Å². The maximum atomic E-state index is 2.52. The zero-order chi connectivity index (χ0) is 30.6. The summed E-state index contributed by atoms with van der Waals surface area (Å²) >= 11 is 0. The molecule has 0 amide bonds. The number of benzene rings is 4. The van der Waals surface area contributed by atoms with Crippen molar-refractivity contribution in [1.29, 1.82) is 0 Å². The van der Waals surface area contributed by atoms with Crippen LogP contribution in [-0.4, -0.2) is 23.4 Å². The van der Waals surface area contributed by atoms with Crippen molar-refractivity contribution in [3.63, 3.8) is 0 Å². The lowest BCUT2D eigenvalue weighted by atomic mass is 9.79. The third kappa shape index (κ3) is 4.41. The molecule has 0 unspecified atom stereocenters. The number of likely N-dealkylation sites (N-methyl/N-ethyl adjacent to an activating group) is 1. The van der Waals surface area contributed by atoms with Crippen LogP contribution >= 0.6 is 0 Å². The maximum Gasteiger partial charge on any atom is 0.210 e. The summed E-state index contributed by atoms with van der Waals surface area (Å²) in [5.41, 5.74) is 11.1. The van der Waals surface area contributed by atoms with E-state index in [9.17, 15) is 0 Å². The molecule has 0 spiro atoms. The van der Waals surface area contributed by atoms with Crippen molar-refractivity contribution in [3.05, 3.63) is 131 Å². The highest BCUT2D eigenvalue weighted by molar-refractivity contribution is 6.07. The summed E-state index contributed by atoms with van der Waals surface area (Å²) < 4.78 is 2.52. The number of allylic oxidation sites excluding steroid dienone is 8. The first-order chi connectivity index (χ1) is 21.3. The lowest BCUT2D eigenvalue weighted by Gasteiger charge is -2.26. The van der Waals surface area contributed by atoms with Gasteiger partial charge in [0.25, 0.3) is 0 Å². The molecule has 0 saturated carbocycles. The molecule has 0 bridgehead atoms. The Morgan fingerprint density at radius 3 is 2.11 bits per heavy atom. The Morgan fingerprint density at radius 1 is 0.727 bits per heavy atom. The number of rotatable bonds is 5. The largest absolute Gasteiger partial charge is 0.344 e. The van der Waals surface area contributed by atoms with E-state index in [1.807, 2.05) is 0 Å². The Balaban J connectivity index is 1.22. The van der Waals surface area contributed by atoms with Crippen LogP contribution in [0.5, 0.6) is 0 Å². The fraction of sp³-hybridized carbons (Fsp3) is 0.310. The monoisotopic (exact) mass is 577 g/mol. The van der Waals surface area contributed by atoms with Crippen LogP contribution in [0.1, 0.15) is 71.9 Å². The van der Waals surface area contributed by atoms with Crippen LogP contribution in [0.25, 0.3) is 21.5 Å². The van der Waals surface area contributed by atoms with Crippen molar-refractivity contribution >= 4 is 38.6 Å². The van der Waals surface area contributed by atoms with Gasteiger partial charge in [0, 0.05) is 41.1 Å². The zero-order valence-electron chi connectivity index (χ0n) is 27.2. The van der Waals surface area contributed by atoms with Crippen LogP contribution in [0.4, 0.5) is 11.4 Å². The second-order valence-corrected chi connectivity index (χ2v) is 13.7. The third-order valence-corrected chi connectivity index (χ3v) is 10.4. The van der Waals surface area contributed by atoms with Gasteiger partial charge in [0.2, 0.25) is 5.69 Å². The summed E-state index contributed by atoms with van der Waals surface area (Å²) in [4.78, 5) is 2.52. The van der Waals surface area contributed by atoms with E-state index < -0.39 is 0 Å². The predicted octanol–water partition coefficient (Wildman–Crippen LogP) is 10.7. The highest BCUT2D eigenvalue weighted by atomic mass is 15.2. The molecule has 4 aromatic carbocycles. The predicted molar refractivity (Wildman–Crippen MR) is 190 cm³/mol. The topological polar surface area (TPSA) is 6.25 Å². The number of nitrogens with zero attached hydrogens (tertiary/aromatic N) is 2. The van der Waals surface area contributed by atoms with Crippen LogP contribution in [0.3, 0.4) is 0 Å². The lowest BCUT2D eigenvalue weighted by Crippen LogP contribution is -2.27. The summed E-state index contributed by atoms with van der Waals surface area (Å²) in [6.45, 7) is 16.0. The minimum Gasteiger partial charge on any atom is -0.344 e. The lowest BCUT2D eigenvalue weighted by molar-refractivity contribution is -0.433. The van der Waals surface area contributed by atoms with E-state index >= 15 is 0 Å². The van der Waals surface area contributed by atoms with E-state index in [1.54, 1.807) is 0 Å². The maximum absolute atomic E-state index is 2.52. The van der Waals surface area contributed by atoms with E-state index in [1.165, 1.54) is 73.0 Å². The number of anilines is 1. The molecule has 0 radical (unpaired) electrons. The molecule has 3 aliphatic rings. The van der Waals surface area contributed by atoms with Gasteiger partial charge in [-0.05, 0) is 103 Å². The zero-order valence-corrected chi connectivity index (χ0v) is 27.2. The molecule has 0 fully saturated rings. The van der Waals surface area contributed by atoms with Gasteiger partial charge in [0.15, 0.2) is 5.71 Å². The number of hydrogen-bond donors (Lipinski definition) is 0. The average molecular weight is 578 g/mol. The quantitative estimate of drug-likeness (QED) is 0.214. The normalized spacial score (nSPS) is 20.8. The van der Waals surface area contributed by atoms with E-state index in [-0.39, 0.29) is 10.8 Å². The standard InChI is InChI=1S/C42H45N2/c1-7-43-35-24-22-31-16-9-11-18-33(31)39(35)41(3,4)37(43)26-20-29-14-13-15-30(28-29)21-27-38-42(5,6)40-34-19-12-10-17-32(34)23-25-36(40)44(38)8-2/h9-12,16-28H,7-8,13-15H2,1-6H3/q+1. The SMILES string of the molecule is CCN1/C(=C/C=C2C=C(/C=C/C3=[N+](CC)c4ccc5ccccc5c4C3(C)C)CCC/2)C(C)(C)c2c1ccc1ccccc21. The first kappa shape index (κ1) is 28.6. The van der Waals surface area contributed by atoms with Gasteiger partial charge in [-0.3, -0.25) is 0 Å². The van der Waals surface area contributed by atoms with Gasteiger partial charge in [-0.1, -0.05) is 86.7 Å². The molecule has 0 N–H and O–H groups in total. The molecule has 0 atom stereocenters. The fourth-order valence-corrected chi connectivity index (χ4v) is 8.27. The van der Waals surface area contributed by atoms with E-state index in [0.29, 0.717) is 0 Å². The van der Waals surface area contributed by atoms with Gasteiger partial charge in [-0.15, -0.1) is 0 Å². The van der Waals surface area contributed by atoms with Crippen molar-refractivity contribution in [2.75, 3.05) is 18.0 Å². The Morgan fingerprint density at radius 2 is 1.41 bits per heavy atom. The minimum atomic E-state index is -0.0577. The molecular weight excluding hydrogens is 532 g/mol. The summed E-state index contributed by atoms with van der Waals surface area (Å²) in [6, 6.07) is 26.9. The van der Waals surface area contributed by atoms with Gasteiger partial charge < -0.3 is 4.90 Å². The highest BCUT2D eigenvalue weighted by Crippen LogP contribution is 2.50. The molecule has 44 heavy (non-hydrogen) atoms. The smallest absolute Gasteiger partial charge is 0.210 e. The average Bonchev–Trinajstić information content (AvgIpc) is 3.40. The Hall–Kier alpha value is -4.17. The van der Waals surface area contributed by atoms with Crippen molar-refractivity contribution in [1.82, 2.24) is 0 Å². The summed E-state index contributed by atoms with van der Waals surface area (Å²) in [7, 11) is 0. The Kier molecular flexibility index (Phi) is 7.00. The van der Waals surface area contributed by atoms with Crippen molar-refractivity contribution in [3.8, 4) is 0 Å². The number of hydrogen-bond acceptors (Lipinski definition) is 1. The van der Waals surface area contributed by atoms with Crippen LogP contribution in [0.2, 0.25) is 0 Å². The van der Waals surface area contributed by atoms with Crippen LogP contribution < -0.4 is 4.90 Å². The van der Waals surface area contributed by atoms with Gasteiger partial charge in [-0.25, -0.2) is 0 Å². The van der Waals surface area contributed by atoms with Crippen molar-refractivity contribution in [2.24, 2.45) is 0 Å². The van der Waals surface area contributed by atoms with Crippen LogP contribution in [0, 0.1) is 0 Å². The molecular formula is C42H45N2+. The summed E-state index contributed by atoms with van der Waals surface area (Å²) in [5, 5.41) is 5.39.